The van der Waals surface area contributed by atoms with E-state index in [0.29, 0.717) is 0 Å². The van der Waals surface area contributed by atoms with E-state index in [4.69, 9.17) is 0 Å². The smallest absolute Gasteiger partial charge is 0.0360 e. The molecule has 1 aliphatic carbocycles. The number of hydrogen-bond acceptors (Lipinski definition) is 2. The van der Waals surface area contributed by atoms with E-state index in [1.807, 2.05) is 6.92 Å². The third-order valence-corrected chi connectivity index (χ3v) is 3.49. The van der Waals surface area contributed by atoms with Crippen LogP contribution >= 0.6 is 0 Å². The van der Waals surface area contributed by atoms with Gasteiger partial charge in [-0.1, -0.05) is 13.3 Å². The van der Waals surface area contributed by atoms with Crippen LogP contribution in [0.2, 0.25) is 0 Å². The van der Waals surface area contributed by atoms with Crippen LogP contribution in [0.3, 0.4) is 0 Å². The van der Waals surface area contributed by atoms with Crippen LogP contribution in [-0.2, 0) is 10.8 Å². The molecule has 1 aliphatic rings. The average Bonchev–Trinajstić information content (AvgIpc) is 1.94. The fraction of sp³-hybridized carbons (Fsp3) is 1.00. The van der Waals surface area contributed by atoms with Crippen LogP contribution in [0.15, 0.2) is 0 Å². The molecule has 0 saturated heterocycles. The topological polar surface area (TPSA) is 29.1 Å². The monoisotopic (exact) mass is 175 g/mol. The standard InChI is InChI=1S/C8H17NOS/c1-2-11(10)7-6-9-8-4-3-5-8/h8-9H,2-7H2,1H3. The molecule has 1 N–H and O–H groups in total. The Bertz CT molecular complexity index is 134. The molecule has 0 heterocycles. The maximum Gasteiger partial charge on any atom is 0.0360 e. The lowest BCUT2D eigenvalue weighted by Crippen LogP contribution is -2.37. The van der Waals surface area contributed by atoms with Crippen molar-refractivity contribution in [2.45, 2.75) is 32.2 Å². The molecule has 0 bridgehead atoms. The summed E-state index contributed by atoms with van der Waals surface area (Å²) in [5, 5.41) is 3.39. The lowest BCUT2D eigenvalue weighted by molar-refractivity contribution is 0.347. The van der Waals surface area contributed by atoms with E-state index < -0.39 is 10.8 Å². The van der Waals surface area contributed by atoms with Gasteiger partial charge in [0.2, 0.25) is 0 Å². The van der Waals surface area contributed by atoms with Crippen molar-refractivity contribution in [2.24, 2.45) is 0 Å². The van der Waals surface area contributed by atoms with Crippen molar-refractivity contribution in [1.29, 1.82) is 0 Å². The van der Waals surface area contributed by atoms with Gasteiger partial charge in [0, 0.05) is 34.9 Å². The first-order valence-corrected chi connectivity index (χ1v) is 5.90. The molecule has 3 heteroatoms. The summed E-state index contributed by atoms with van der Waals surface area (Å²) in [5.74, 6) is 1.62. The van der Waals surface area contributed by atoms with E-state index in [1.54, 1.807) is 0 Å². The van der Waals surface area contributed by atoms with E-state index in [0.717, 1.165) is 24.1 Å². The molecule has 66 valence electrons. The van der Waals surface area contributed by atoms with Gasteiger partial charge in [-0.2, -0.15) is 0 Å². The molecular formula is C8H17NOS. The maximum atomic E-state index is 11.0. The van der Waals surface area contributed by atoms with Crippen molar-refractivity contribution < 1.29 is 4.21 Å². The Labute approximate surface area is 71.2 Å². The largest absolute Gasteiger partial charge is 0.313 e. The fourth-order valence-corrected chi connectivity index (χ4v) is 1.77. The molecule has 0 aromatic rings. The first-order valence-electron chi connectivity index (χ1n) is 4.41. The van der Waals surface area contributed by atoms with E-state index in [-0.39, 0.29) is 0 Å². The Balaban J connectivity index is 1.90. The Morgan fingerprint density at radius 1 is 1.55 bits per heavy atom. The summed E-state index contributed by atoms with van der Waals surface area (Å²) in [5.41, 5.74) is 0. The minimum Gasteiger partial charge on any atom is -0.313 e. The molecule has 1 atom stereocenters. The van der Waals surface area contributed by atoms with E-state index in [1.165, 1.54) is 19.3 Å². The van der Waals surface area contributed by atoms with Crippen molar-refractivity contribution in [3.05, 3.63) is 0 Å². The molecule has 0 aromatic heterocycles. The van der Waals surface area contributed by atoms with Gasteiger partial charge in [0.15, 0.2) is 0 Å². The SMILES string of the molecule is CCS(=O)CCNC1CCC1. The summed E-state index contributed by atoms with van der Waals surface area (Å²) in [6.07, 6.45) is 4.01. The quantitative estimate of drug-likeness (QED) is 0.672. The Hall–Kier alpha value is 0.110. The van der Waals surface area contributed by atoms with Gasteiger partial charge in [-0.15, -0.1) is 0 Å². The summed E-state index contributed by atoms with van der Waals surface area (Å²) in [6.45, 7) is 2.91. The van der Waals surface area contributed by atoms with Crippen molar-refractivity contribution in [1.82, 2.24) is 5.32 Å². The Morgan fingerprint density at radius 3 is 2.73 bits per heavy atom. The highest BCUT2D eigenvalue weighted by Gasteiger charge is 2.15. The minimum absolute atomic E-state index is 0.584. The van der Waals surface area contributed by atoms with Gasteiger partial charge in [0.05, 0.1) is 0 Å². The zero-order chi connectivity index (χ0) is 8.10. The van der Waals surface area contributed by atoms with Gasteiger partial charge >= 0.3 is 0 Å². The first-order chi connectivity index (χ1) is 5.33. The average molecular weight is 175 g/mol. The van der Waals surface area contributed by atoms with Gasteiger partial charge < -0.3 is 5.32 Å². The van der Waals surface area contributed by atoms with Crippen molar-refractivity contribution in [2.75, 3.05) is 18.1 Å². The molecule has 0 aliphatic heterocycles. The second-order valence-electron chi connectivity index (χ2n) is 3.01. The molecule has 1 saturated carbocycles. The van der Waals surface area contributed by atoms with Crippen molar-refractivity contribution in [3.63, 3.8) is 0 Å². The molecule has 0 radical (unpaired) electrons. The van der Waals surface area contributed by atoms with Crippen LogP contribution in [0.4, 0.5) is 0 Å². The minimum atomic E-state index is -0.584. The van der Waals surface area contributed by atoms with Gasteiger partial charge in [0.1, 0.15) is 0 Å². The van der Waals surface area contributed by atoms with Crippen LogP contribution in [0.1, 0.15) is 26.2 Å². The van der Waals surface area contributed by atoms with Crippen LogP contribution in [-0.4, -0.2) is 28.3 Å². The molecule has 0 aromatic carbocycles. The van der Waals surface area contributed by atoms with Crippen LogP contribution in [0.5, 0.6) is 0 Å². The van der Waals surface area contributed by atoms with Crippen molar-refractivity contribution in [3.8, 4) is 0 Å². The van der Waals surface area contributed by atoms with Crippen LogP contribution in [0.25, 0.3) is 0 Å². The Morgan fingerprint density at radius 2 is 2.27 bits per heavy atom. The third-order valence-electron chi connectivity index (χ3n) is 2.19. The number of rotatable bonds is 5. The maximum absolute atomic E-state index is 11.0. The van der Waals surface area contributed by atoms with E-state index >= 15 is 0 Å². The first kappa shape index (κ1) is 9.20. The van der Waals surface area contributed by atoms with Crippen LogP contribution < -0.4 is 5.32 Å². The molecular weight excluding hydrogens is 158 g/mol. The molecule has 0 spiro atoms. The third kappa shape index (κ3) is 3.34. The number of hydrogen-bond donors (Lipinski definition) is 1. The van der Waals surface area contributed by atoms with Crippen LogP contribution in [0, 0.1) is 0 Å². The van der Waals surface area contributed by atoms with Gasteiger partial charge in [0.25, 0.3) is 0 Å². The molecule has 1 unspecified atom stereocenters. The summed E-state index contributed by atoms with van der Waals surface area (Å²) in [6, 6.07) is 0.740. The zero-order valence-corrected chi connectivity index (χ0v) is 7.95. The summed E-state index contributed by atoms with van der Waals surface area (Å²) in [7, 11) is -0.584. The molecule has 1 rings (SSSR count). The van der Waals surface area contributed by atoms with E-state index in [9.17, 15) is 4.21 Å². The molecule has 11 heavy (non-hydrogen) atoms. The number of nitrogens with one attached hydrogen (secondary N) is 1. The summed E-state index contributed by atoms with van der Waals surface area (Å²) in [4.78, 5) is 0. The predicted octanol–water partition coefficient (Wildman–Crippen LogP) is 0.897. The van der Waals surface area contributed by atoms with Crippen molar-refractivity contribution >= 4 is 10.8 Å². The normalized spacial score (nSPS) is 21.2. The predicted molar refractivity (Wildman–Crippen MR) is 49.2 cm³/mol. The molecule has 0 amide bonds. The lowest BCUT2D eigenvalue weighted by atomic mass is 9.93. The molecule has 1 fully saturated rings. The lowest BCUT2D eigenvalue weighted by Gasteiger charge is -2.26. The highest BCUT2D eigenvalue weighted by molar-refractivity contribution is 7.84. The highest BCUT2D eigenvalue weighted by atomic mass is 32.2. The highest BCUT2D eigenvalue weighted by Crippen LogP contribution is 2.17. The zero-order valence-electron chi connectivity index (χ0n) is 7.14. The van der Waals surface area contributed by atoms with Gasteiger partial charge in [-0.3, -0.25) is 4.21 Å². The second-order valence-corrected chi connectivity index (χ2v) is 4.88. The Kier molecular flexibility index (Phi) is 4.08. The summed E-state index contributed by atoms with van der Waals surface area (Å²) < 4.78 is 11.0. The summed E-state index contributed by atoms with van der Waals surface area (Å²) >= 11 is 0. The fourth-order valence-electron chi connectivity index (χ4n) is 1.13. The van der Waals surface area contributed by atoms with Gasteiger partial charge in [-0.05, 0) is 12.8 Å². The van der Waals surface area contributed by atoms with Gasteiger partial charge in [-0.25, -0.2) is 0 Å². The van der Waals surface area contributed by atoms with E-state index in [2.05, 4.69) is 5.32 Å². The molecule has 2 nitrogen and oxygen atoms in total. The second kappa shape index (κ2) is 4.88.